The minimum atomic E-state index is 0.668. The van der Waals surface area contributed by atoms with Gasteiger partial charge >= 0.3 is 0 Å². The van der Waals surface area contributed by atoms with Gasteiger partial charge in [0.15, 0.2) is 11.5 Å². The first kappa shape index (κ1) is 12.7. The van der Waals surface area contributed by atoms with Crippen LogP contribution in [0.2, 0.25) is 0 Å². The number of thiocyanates is 1. The van der Waals surface area contributed by atoms with E-state index in [2.05, 4.69) is 6.92 Å². The second kappa shape index (κ2) is 7.02. The minimum Gasteiger partial charge on any atom is -0.493 e. The summed E-state index contributed by atoms with van der Waals surface area (Å²) in [5.74, 6) is 2.15. The van der Waals surface area contributed by atoms with Crippen molar-refractivity contribution in [3.63, 3.8) is 0 Å². The van der Waals surface area contributed by atoms with Crippen molar-refractivity contribution in [1.82, 2.24) is 0 Å². The van der Waals surface area contributed by atoms with Crippen LogP contribution in [0.1, 0.15) is 18.9 Å². The molecule has 0 aromatic heterocycles. The summed E-state index contributed by atoms with van der Waals surface area (Å²) in [6, 6.07) is 5.76. The van der Waals surface area contributed by atoms with Crippen molar-refractivity contribution >= 4 is 11.8 Å². The average molecular weight is 237 g/mol. The largest absolute Gasteiger partial charge is 0.493 e. The highest BCUT2D eigenvalue weighted by Gasteiger charge is 2.05. The van der Waals surface area contributed by atoms with Gasteiger partial charge in [0.2, 0.25) is 0 Å². The Bertz CT molecular complexity index is 374. The van der Waals surface area contributed by atoms with Crippen molar-refractivity contribution < 1.29 is 9.47 Å². The first-order valence-corrected chi connectivity index (χ1v) is 6.11. The Morgan fingerprint density at radius 2 is 2.19 bits per heavy atom. The summed E-state index contributed by atoms with van der Waals surface area (Å²) in [4.78, 5) is 0. The molecule has 0 N–H and O–H groups in total. The molecule has 3 nitrogen and oxygen atoms in total. The molecule has 86 valence electrons. The number of rotatable bonds is 6. The van der Waals surface area contributed by atoms with Gasteiger partial charge in [-0.2, -0.15) is 5.26 Å². The zero-order chi connectivity index (χ0) is 11.8. The number of benzene rings is 1. The molecule has 0 aliphatic heterocycles. The topological polar surface area (TPSA) is 42.2 Å². The van der Waals surface area contributed by atoms with Gasteiger partial charge in [-0.25, -0.2) is 0 Å². The second-order valence-corrected chi connectivity index (χ2v) is 3.97. The summed E-state index contributed by atoms with van der Waals surface area (Å²) in [5, 5.41) is 10.5. The summed E-state index contributed by atoms with van der Waals surface area (Å²) < 4.78 is 10.8. The molecule has 0 amide bonds. The number of thioether (sulfide) groups is 1. The van der Waals surface area contributed by atoms with Crippen LogP contribution in [0.5, 0.6) is 11.5 Å². The third-order valence-corrected chi connectivity index (χ3v) is 2.60. The van der Waals surface area contributed by atoms with E-state index in [0.717, 1.165) is 23.5 Å². The van der Waals surface area contributed by atoms with E-state index in [9.17, 15) is 0 Å². The van der Waals surface area contributed by atoms with Gasteiger partial charge in [0, 0.05) is 5.75 Å². The van der Waals surface area contributed by atoms with E-state index in [-0.39, 0.29) is 0 Å². The van der Waals surface area contributed by atoms with E-state index in [1.54, 1.807) is 7.11 Å². The molecule has 0 spiro atoms. The van der Waals surface area contributed by atoms with E-state index >= 15 is 0 Å². The lowest BCUT2D eigenvalue weighted by atomic mass is 10.2. The molecule has 1 rings (SSSR count). The molecule has 1 aromatic carbocycles. The number of hydrogen-bond acceptors (Lipinski definition) is 4. The van der Waals surface area contributed by atoms with Crippen molar-refractivity contribution in [1.29, 1.82) is 5.26 Å². The lowest BCUT2D eigenvalue weighted by Gasteiger charge is -2.10. The van der Waals surface area contributed by atoms with Crippen LogP contribution in [0.3, 0.4) is 0 Å². The second-order valence-electron chi connectivity index (χ2n) is 3.21. The van der Waals surface area contributed by atoms with Crippen LogP contribution in [0, 0.1) is 10.7 Å². The number of nitrogens with zero attached hydrogens (tertiary/aromatic N) is 1. The number of nitriles is 1. The quantitative estimate of drug-likeness (QED) is 0.712. The molecule has 0 fully saturated rings. The van der Waals surface area contributed by atoms with E-state index in [1.165, 1.54) is 11.8 Å². The lowest BCUT2D eigenvalue weighted by Crippen LogP contribution is -1.98. The van der Waals surface area contributed by atoms with Crippen molar-refractivity contribution in [3.8, 4) is 16.9 Å². The van der Waals surface area contributed by atoms with Crippen molar-refractivity contribution in [2.75, 3.05) is 13.7 Å². The summed E-state index contributed by atoms with van der Waals surface area (Å²) in [7, 11) is 1.62. The maximum atomic E-state index is 8.48. The van der Waals surface area contributed by atoms with Gasteiger partial charge in [-0.05, 0) is 35.9 Å². The molecule has 0 heterocycles. The molecule has 1 aromatic rings. The minimum absolute atomic E-state index is 0.668. The zero-order valence-electron chi connectivity index (χ0n) is 9.53. The Balaban J connectivity index is 2.76. The lowest BCUT2D eigenvalue weighted by molar-refractivity contribution is 0.294. The molecule has 4 heteroatoms. The summed E-state index contributed by atoms with van der Waals surface area (Å²) in [6.07, 6.45) is 0.967. The smallest absolute Gasteiger partial charge is 0.161 e. The first-order valence-electron chi connectivity index (χ1n) is 5.12. The van der Waals surface area contributed by atoms with Gasteiger partial charge in [-0.15, -0.1) is 0 Å². The Hall–Kier alpha value is -1.34. The van der Waals surface area contributed by atoms with E-state index in [4.69, 9.17) is 14.7 Å². The van der Waals surface area contributed by atoms with Gasteiger partial charge in [-0.3, -0.25) is 0 Å². The van der Waals surface area contributed by atoms with Crippen LogP contribution in [-0.2, 0) is 5.75 Å². The van der Waals surface area contributed by atoms with Crippen molar-refractivity contribution in [2.24, 2.45) is 0 Å². The fourth-order valence-electron chi connectivity index (χ4n) is 1.25. The zero-order valence-corrected chi connectivity index (χ0v) is 10.3. The first-order chi connectivity index (χ1) is 7.81. The molecule has 0 aliphatic rings. The molecule has 0 unspecified atom stereocenters. The third-order valence-electron chi connectivity index (χ3n) is 1.99. The SMILES string of the molecule is CCCOc1ccc(CSC#N)cc1OC. The Labute approximate surface area is 100 Å². The van der Waals surface area contributed by atoms with Gasteiger partial charge < -0.3 is 9.47 Å². The van der Waals surface area contributed by atoms with Gasteiger partial charge in [0.05, 0.1) is 13.7 Å². The number of methoxy groups -OCH3 is 1. The van der Waals surface area contributed by atoms with Crippen LogP contribution in [0.15, 0.2) is 18.2 Å². The fourth-order valence-corrected chi connectivity index (χ4v) is 1.66. The number of ether oxygens (including phenoxy) is 2. The molecule has 0 saturated heterocycles. The van der Waals surface area contributed by atoms with Crippen LogP contribution in [0.25, 0.3) is 0 Å². The Kier molecular flexibility index (Phi) is 5.58. The summed E-state index contributed by atoms with van der Waals surface area (Å²) in [6.45, 7) is 2.74. The van der Waals surface area contributed by atoms with E-state index in [0.29, 0.717) is 12.4 Å². The molecular weight excluding hydrogens is 222 g/mol. The molecule has 0 radical (unpaired) electrons. The Morgan fingerprint density at radius 3 is 2.81 bits per heavy atom. The maximum absolute atomic E-state index is 8.48. The van der Waals surface area contributed by atoms with Crippen molar-refractivity contribution in [2.45, 2.75) is 19.1 Å². The molecule has 0 aliphatic carbocycles. The van der Waals surface area contributed by atoms with Crippen LogP contribution in [0.4, 0.5) is 0 Å². The normalized spacial score (nSPS) is 9.56. The highest BCUT2D eigenvalue weighted by Crippen LogP contribution is 2.29. The van der Waals surface area contributed by atoms with Crippen LogP contribution in [-0.4, -0.2) is 13.7 Å². The maximum Gasteiger partial charge on any atom is 0.161 e. The molecule has 0 bridgehead atoms. The third kappa shape index (κ3) is 3.67. The van der Waals surface area contributed by atoms with Crippen LogP contribution >= 0.6 is 11.8 Å². The number of hydrogen-bond donors (Lipinski definition) is 0. The highest BCUT2D eigenvalue weighted by atomic mass is 32.2. The van der Waals surface area contributed by atoms with Crippen LogP contribution < -0.4 is 9.47 Å². The standard InChI is InChI=1S/C12H15NO2S/c1-3-6-15-11-5-4-10(8-16-9-13)7-12(11)14-2/h4-5,7H,3,6,8H2,1-2H3. The van der Waals surface area contributed by atoms with Crippen molar-refractivity contribution in [3.05, 3.63) is 23.8 Å². The molecule has 0 atom stereocenters. The predicted octanol–water partition coefficient (Wildman–Crippen LogP) is 3.20. The predicted molar refractivity (Wildman–Crippen MR) is 65.7 cm³/mol. The van der Waals surface area contributed by atoms with E-state index < -0.39 is 0 Å². The van der Waals surface area contributed by atoms with Gasteiger partial charge in [-0.1, -0.05) is 13.0 Å². The molecule has 0 saturated carbocycles. The molecule has 16 heavy (non-hydrogen) atoms. The highest BCUT2D eigenvalue weighted by molar-refractivity contribution is 8.02. The summed E-state index contributed by atoms with van der Waals surface area (Å²) in [5.41, 5.74) is 1.06. The summed E-state index contributed by atoms with van der Waals surface area (Å²) >= 11 is 1.21. The Morgan fingerprint density at radius 1 is 1.38 bits per heavy atom. The molecular formula is C12H15NO2S. The average Bonchev–Trinajstić information content (AvgIpc) is 2.34. The monoisotopic (exact) mass is 237 g/mol. The van der Waals surface area contributed by atoms with E-state index in [1.807, 2.05) is 23.6 Å². The van der Waals surface area contributed by atoms with Gasteiger partial charge in [0.25, 0.3) is 0 Å². The van der Waals surface area contributed by atoms with Gasteiger partial charge in [0.1, 0.15) is 5.40 Å². The fraction of sp³-hybridized carbons (Fsp3) is 0.417.